The van der Waals surface area contributed by atoms with Gasteiger partial charge >= 0.3 is 6.18 Å². The molecular formula is C16H22ClF3N2O. The highest BCUT2D eigenvalue weighted by atomic mass is 35.5. The molecule has 1 atom stereocenters. The van der Waals surface area contributed by atoms with Crippen molar-refractivity contribution in [1.82, 2.24) is 0 Å². The molecule has 130 valence electrons. The van der Waals surface area contributed by atoms with E-state index in [0.29, 0.717) is 11.6 Å². The van der Waals surface area contributed by atoms with Crippen LogP contribution in [0.4, 0.5) is 24.5 Å². The zero-order chi connectivity index (χ0) is 17.0. The summed E-state index contributed by atoms with van der Waals surface area (Å²) in [6.07, 6.45) is -3.16. The standard InChI is InChI=1S/C16H22ClF3N2O/c1-11-4-6-22(7-5-11)15-3-2-12(16(18,19)20)8-14(15)21-10-13(23)9-17/h2-3,8,11,13,21,23H,4-7,9-10H2,1H3. The van der Waals surface area contributed by atoms with Crippen molar-refractivity contribution in [3.8, 4) is 0 Å². The molecule has 0 spiro atoms. The summed E-state index contributed by atoms with van der Waals surface area (Å²) >= 11 is 5.55. The van der Waals surface area contributed by atoms with Crippen molar-refractivity contribution >= 4 is 23.0 Å². The van der Waals surface area contributed by atoms with Crippen LogP contribution in [0.1, 0.15) is 25.3 Å². The number of aliphatic hydroxyl groups is 1. The van der Waals surface area contributed by atoms with Gasteiger partial charge in [0.1, 0.15) is 0 Å². The Morgan fingerprint density at radius 3 is 2.57 bits per heavy atom. The van der Waals surface area contributed by atoms with Crippen LogP contribution < -0.4 is 10.2 Å². The molecule has 1 fully saturated rings. The lowest BCUT2D eigenvalue weighted by Crippen LogP contribution is -2.33. The van der Waals surface area contributed by atoms with E-state index in [-0.39, 0.29) is 12.4 Å². The first-order valence-electron chi connectivity index (χ1n) is 7.75. The van der Waals surface area contributed by atoms with Crippen LogP contribution in [0.5, 0.6) is 0 Å². The summed E-state index contributed by atoms with van der Waals surface area (Å²) in [5.41, 5.74) is 0.430. The minimum atomic E-state index is -4.39. The Bertz CT molecular complexity index is 517. The van der Waals surface area contributed by atoms with Gasteiger partial charge in [-0.2, -0.15) is 13.2 Å². The molecule has 0 aromatic heterocycles. The van der Waals surface area contributed by atoms with Crippen molar-refractivity contribution in [2.24, 2.45) is 5.92 Å². The van der Waals surface area contributed by atoms with Crippen LogP contribution in [0.25, 0.3) is 0 Å². The normalized spacial score (nSPS) is 18.1. The van der Waals surface area contributed by atoms with Gasteiger partial charge in [0.15, 0.2) is 0 Å². The van der Waals surface area contributed by atoms with E-state index in [9.17, 15) is 18.3 Å². The van der Waals surface area contributed by atoms with Gasteiger partial charge in [-0.25, -0.2) is 0 Å². The molecule has 0 aliphatic carbocycles. The van der Waals surface area contributed by atoms with E-state index < -0.39 is 17.8 Å². The van der Waals surface area contributed by atoms with Gasteiger partial charge in [-0.1, -0.05) is 6.92 Å². The SMILES string of the molecule is CC1CCN(c2ccc(C(F)(F)F)cc2NCC(O)CCl)CC1. The van der Waals surface area contributed by atoms with Gasteiger partial charge in [0.25, 0.3) is 0 Å². The van der Waals surface area contributed by atoms with E-state index >= 15 is 0 Å². The molecule has 1 saturated heterocycles. The Morgan fingerprint density at radius 1 is 1.35 bits per heavy atom. The summed E-state index contributed by atoms with van der Waals surface area (Å²) in [6.45, 7) is 3.93. The summed E-state index contributed by atoms with van der Waals surface area (Å²) in [5.74, 6) is 0.665. The van der Waals surface area contributed by atoms with Gasteiger partial charge in [0.05, 0.1) is 28.9 Å². The van der Waals surface area contributed by atoms with E-state index in [0.717, 1.165) is 43.8 Å². The van der Waals surface area contributed by atoms with E-state index in [4.69, 9.17) is 11.6 Å². The molecule has 2 rings (SSSR count). The Hall–Kier alpha value is -1.14. The maximum absolute atomic E-state index is 12.9. The Labute approximate surface area is 139 Å². The van der Waals surface area contributed by atoms with Crippen LogP contribution in [-0.2, 0) is 6.18 Å². The number of rotatable bonds is 5. The third kappa shape index (κ3) is 4.91. The number of alkyl halides is 4. The van der Waals surface area contributed by atoms with Gasteiger partial charge in [-0.3, -0.25) is 0 Å². The summed E-state index contributed by atoms with van der Waals surface area (Å²) in [5, 5.41) is 12.5. The molecule has 0 amide bonds. The lowest BCUT2D eigenvalue weighted by molar-refractivity contribution is -0.137. The molecule has 1 aromatic carbocycles. The highest BCUT2D eigenvalue weighted by molar-refractivity contribution is 6.18. The number of anilines is 2. The quantitative estimate of drug-likeness (QED) is 0.789. The van der Waals surface area contributed by atoms with E-state index in [1.54, 1.807) is 0 Å². The van der Waals surface area contributed by atoms with Crippen molar-refractivity contribution in [3.63, 3.8) is 0 Å². The molecular weight excluding hydrogens is 329 g/mol. The Morgan fingerprint density at radius 2 is 2.00 bits per heavy atom. The third-order valence-corrected chi connectivity index (χ3v) is 4.51. The Balaban J connectivity index is 2.24. The molecule has 1 heterocycles. The van der Waals surface area contributed by atoms with Crippen molar-refractivity contribution in [2.45, 2.75) is 32.0 Å². The topological polar surface area (TPSA) is 35.5 Å². The second-order valence-corrected chi connectivity index (χ2v) is 6.40. The summed E-state index contributed by atoms with van der Waals surface area (Å²) in [4.78, 5) is 2.09. The number of aliphatic hydroxyl groups excluding tert-OH is 1. The minimum absolute atomic E-state index is 0.0303. The van der Waals surface area contributed by atoms with Crippen LogP contribution in [0.3, 0.4) is 0 Å². The van der Waals surface area contributed by atoms with Crippen LogP contribution in [0.2, 0.25) is 0 Å². The average Bonchev–Trinajstić information content (AvgIpc) is 2.52. The van der Waals surface area contributed by atoms with Crippen molar-refractivity contribution in [3.05, 3.63) is 23.8 Å². The number of hydrogen-bond acceptors (Lipinski definition) is 3. The fourth-order valence-electron chi connectivity index (χ4n) is 2.66. The first kappa shape index (κ1) is 18.2. The fourth-order valence-corrected chi connectivity index (χ4v) is 2.77. The zero-order valence-corrected chi connectivity index (χ0v) is 13.8. The molecule has 1 aliphatic rings. The number of nitrogens with zero attached hydrogens (tertiary/aromatic N) is 1. The second kappa shape index (κ2) is 7.62. The van der Waals surface area contributed by atoms with Crippen LogP contribution >= 0.6 is 11.6 Å². The maximum Gasteiger partial charge on any atom is 0.416 e. The maximum atomic E-state index is 12.9. The molecule has 7 heteroatoms. The molecule has 1 unspecified atom stereocenters. The van der Waals surface area contributed by atoms with E-state index in [1.165, 1.54) is 6.07 Å². The Kier molecular flexibility index (Phi) is 6.03. The molecule has 0 saturated carbocycles. The molecule has 2 N–H and O–H groups in total. The minimum Gasteiger partial charge on any atom is -0.390 e. The van der Waals surface area contributed by atoms with Gasteiger partial charge in [0.2, 0.25) is 0 Å². The number of halogens is 4. The first-order chi connectivity index (χ1) is 10.8. The van der Waals surface area contributed by atoms with Crippen molar-refractivity contribution in [1.29, 1.82) is 0 Å². The molecule has 0 radical (unpaired) electrons. The molecule has 0 bridgehead atoms. The van der Waals surface area contributed by atoms with E-state index in [2.05, 4.69) is 17.1 Å². The lowest BCUT2D eigenvalue weighted by atomic mass is 9.98. The number of piperidine rings is 1. The third-order valence-electron chi connectivity index (χ3n) is 4.15. The van der Waals surface area contributed by atoms with E-state index in [1.807, 2.05) is 0 Å². The lowest BCUT2D eigenvalue weighted by Gasteiger charge is -2.34. The fraction of sp³-hybridized carbons (Fsp3) is 0.625. The number of hydrogen-bond donors (Lipinski definition) is 2. The van der Waals surface area contributed by atoms with Gasteiger partial charge in [0, 0.05) is 19.6 Å². The summed E-state index contributed by atoms with van der Waals surface area (Å²) in [7, 11) is 0. The summed E-state index contributed by atoms with van der Waals surface area (Å²) < 4.78 is 38.8. The smallest absolute Gasteiger partial charge is 0.390 e. The second-order valence-electron chi connectivity index (χ2n) is 6.09. The molecule has 3 nitrogen and oxygen atoms in total. The van der Waals surface area contributed by atoms with Crippen molar-refractivity contribution < 1.29 is 18.3 Å². The monoisotopic (exact) mass is 350 g/mol. The highest BCUT2D eigenvalue weighted by Crippen LogP contribution is 2.36. The number of benzene rings is 1. The first-order valence-corrected chi connectivity index (χ1v) is 8.28. The van der Waals surface area contributed by atoms with Crippen LogP contribution in [0, 0.1) is 5.92 Å². The predicted octanol–water partition coefficient (Wildman–Crippen LogP) is 3.95. The summed E-state index contributed by atoms with van der Waals surface area (Å²) in [6, 6.07) is 3.72. The van der Waals surface area contributed by atoms with Gasteiger partial charge in [-0.15, -0.1) is 11.6 Å². The van der Waals surface area contributed by atoms with Crippen molar-refractivity contribution in [2.75, 3.05) is 35.7 Å². The molecule has 1 aliphatic heterocycles. The van der Waals surface area contributed by atoms with Crippen LogP contribution in [-0.4, -0.2) is 36.7 Å². The largest absolute Gasteiger partial charge is 0.416 e. The average molecular weight is 351 g/mol. The zero-order valence-electron chi connectivity index (χ0n) is 13.0. The van der Waals surface area contributed by atoms with Gasteiger partial charge < -0.3 is 15.3 Å². The molecule has 23 heavy (non-hydrogen) atoms. The molecule has 1 aromatic rings. The predicted molar refractivity (Wildman–Crippen MR) is 87.3 cm³/mol. The number of nitrogens with one attached hydrogen (secondary N) is 1. The van der Waals surface area contributed by atoms with Crippen LogP contribution in [0.15, 0.2) is 18.2 Å². The van der Waals surface area contributed by atoms with Gasteiger partial charge in [-0.05, 0) is 37.0 Å². The highest BCUT2D eigenvalue weighted by Gasteiger charge is 2.31.